The third-order valence-corrected chi connectivity index (χ3v) is 3.34. The van der Waals surface area contributed by atoms with E-state index in [1.54, 1.807) is 0 Å². The summed E-state index contributed by atoms with van der Waals surface area (Å²) in [5.74, 6) is 0.816. The molecule has 1 saturated carbocycles. The molecule has 3 nitrogen and oxygen atoms in total. The lowest BCUT2D eigenvalue weighted by Crippen LogP contribution is -2.29. The van der Waals surface area contributed by atoms with Crippen LogP contribution >= 0.6 is 0 Å². The van der Waals surface area contributed by atoms with E-state index in [-0.39, 0.29) is 0 Å². The maximum Gasteiger partial charge on any atom is 0.0703 e. The topological polar surface area (TPSA) is 30.5 Å². The maximum atomic E-state index is 5.59. The molecule has 0 aromatic carbocycles. The zero-order chi connectivity index (χ0) is 11.8. The summed E-state index contributed by atoms with van der Waals surface area (Å²) in [6.45, 7) is 6.43. The largest absolute Gasteiger partial charge is 0.379 e. The van der Waals surface area contributed by atoms with Crippen LogP contribution in [-0.2, 0) is 9.47 Å². The molecule has 0 bridgehead atoms. The maximum absolute atomic E-state index is 5.59. The standard InChI is InChI=1S/C13H27NO2/c1-11(2)16-10-9-15-8-7-12-5-4-6-13(12)14-3/h11-14H,4-10H2,1-3H3. The van der Waals surface area contributed by atoms with Gasteiger partial charge in [-0.05, 0) is 46.1 Å². The van der Waals surface area contributed by atoms with Crippen LogP contribution in [0.3, 0.4) is 0 Å². The normalized spacial score (nSPS) is 25.5. The molecule has 0 amide bonds. The van der Waals surface area contributed by atoms with E-state index in [1.807, 2.05) is 0 Å². The molecular formula is C13H27NO2. The van der Waals surface area contributed by atoms with Gasteiger partial charge in [0, 0.05) is 12.6 Å². The van der Waals surface area contributed by atoms with Crippen LogP contribution in [0.1, 0.15) is 39.5 Å². The van der Waals surface area contributed by atoms with Crippen molar-refractivity contribution in [2.75, 3.05) is 26.9 Å². The van der Waals surface area contributed by atoms with E-state index in [4.69, 9.17) is 9.47 Å². The highest BCUT2D eigenvalue weighted by Gasteiger charge is 2.24. The zero-order valence-corrected chi connectivity index (χ0v) is 11.0. The fourth-order valence-electron chi connectivity index (χ4n) is 2.44. The van der Waals surface area contributed by atoms with Gasteiger partial charge in [0.1, 0.15) is 0 Å². The molecule has 0 spiro atoms. The fourth-order valence-corrected chi connectivity index (χ4v) is 2.44. The molecule has 1 fully saturated rings. The molecule has 1 aliphatic carbocycles. The Bertz CT molecular complexity index is 173. The van der Waals surface area contributed by atoms with Gasteiger partial charge in [-0.1, -0.05) is 6.42 Å². The minimum atomic E-state index is 0.312. The fraction of sp³-hybridized carbons (Fsp3) is 1.00. The molecule has 0 saturated heterocycles. The number of nitrogens with one attached hydrogen (secondary N) is 1. The predicted octanol–water partition coefficient (Wildman–Crippen LogP) is 2.21. The molecule has 1 aliphatic rings. The van der Waals surface area contributed by atoms with E-state index >= 15 is 0 Å². The minimum Gasteiger partial charge on any atom is -0.379 e. The summed E-state index contributed by atoms with van der Waals surface area (Å²) in [5, 5.41) is 3.40. The summed E-state index contributed by atoms with van der Waals surface area (Å²) >= 11 is 0. The first-order chi connectivity index (χ1) is 7.74. The lowest BCUT2D eigenvalue weighted by atomic mass is 10.0. The number of hydrogen-bond donors (Lipinski definition) is 1. The van der Waals surface area contributed by atoms with Crippen molar-refractivity contribution >= 4 is 0 Å². The molecule has 3 heteroatoms. The van der Waals surface area contributed by atoms with Crippen LogP contribution in [0.5, 0.6) is 0 Å². The summed E-state index contributed by atoms with van der Waals surface area (Å²) in [7, 11) is 2.07. The van der Waals surface area contributed by atoms with Gasteiger partial charge in [0.05, 0.1) is 19.3 Å². The molecule has 2 unspecified atom stereocenters. The quantitative estimate of drug-likeness (QED) is 0.647. The molecule has 0 aromatic rings. The molecule has 2 atom stereocenters. The summed E-state index contributed by atoms with van der Waals surface area (Å²) in [5.41, 5.74) is 0. The molecule has 16 heavy (non-hydrogen) atoms. The molecule has 0 aliphatic heterocycles. The summed E-state index contributed by atoms with van der Waals surface area (Å²) in [4.78, 5) is 0. The first-order valence-corrected chi connectivity index (χ1v) is 6.60. The SMILES string of the molecule is CNC1CCCC1CCOCCOC(C)C. The van der Waals surface area contributed by atoms with Gasteiger partial charge >= 0.3 is 0 Å². The van der Waals surface area contributed by atoms with Crippen molar-refractivity contribution in [2.24, 2.45) is 5.92 Å². The van der Waals surface area contributed by atoms with E-state index in [0.29, 0.717) is 6.10 Å². The Morgan fingerprint density at radius 3 is 2.69 bits per heavy atom. The monoisotopic (exact) mass is 229 g/mol. The van der Waals surface area contributed by atoms with Gasteiger partial charge in [0.25, 0.3) is 0 Å². The lowest BCUT2D eigenvalue weighted by molar-refractivity contribution is 0.0160. The first kappa shape index (κ1) is 13.9. The number of hydrogen-bond acceptors (Lipinski definition) is 3. The Morgan fingerprint density at radius 1 is 1.19 bits per heavy atom. The molecule has 96 valence electrons. The molecule has 0 heterocycles. The number of rotatable bonds is 8. The van der Waals surface area contributed by atoms with Crippen molar-refractivity contribution in [2.45, 2.75) is 51.7 Å². The van der Waals surface area contributed by atoms with Gasteiger partial charge in [-0.2, -0.15) is 0 Å². The Hall–Kier alpha value is -0.120. The van der Waals surface area contributed by atoms with Gasteiger partial charge in [-0.3, -0.25) is 0 Å². The molecule has 0 radical (unpaired) electrons. The minimum absolute atomic E-state index is 0.312. The Kier molecular flexibility index (Phi) is 7.01. The first-order valence-electron chi connectivity index (χ1n) is 6.60. The van der Waals surface area contributed by atoms with Crippen LogP contribution in [0.2, 0.25) is 0 Å². The van der Waals surface area contributed by atoms with Crippen LogP contribution < -0.4 is 5.32 Å². The summed E-state index contributed by atoms with van der Waals surface area (Å²) < 4.78 is 11.0. The van der Waals surface area contributed by atoms with Crippen LogP contribution in [0.4, 0.5) is 0 Å². The average molecular weight is 229 g/mol. The second-order valence-corrected chi connectivity index (χ2v) is 4.91. The van der Waals surface area contributed by atoms with Crippen LogP contribution in [0, 0.1) is 5.92 Å². The third kappa shape index (κ3) is 5.28. The van der Waals surface area contributed by atoms with E-state index in [9.17, 15) is 0 Å². The van der Waals surface area contributed by atoms with Crippen LogP contribution in [-0.4, -0.2) is 39.0 Å². The van der Waals surface area contributed by atoms with E-state index in [1.165, 1.54) is 25.7 Å². The van der Waals surface area contributed by atoms with Crippen molar-refractivity contribution in [1.82, 2.24) is 5.32 Å². The lowest BCUT2D eigenvalue weighted by Gasteiger charge is -2.18. The second-order valence-electron chi connectivity index (χ2n) is 4.91. The Morgan fingerprint density at radius 2 is 2.00 bits per heavy atom. The Balaban J connectivity index is 1.94. The average Bonchev–Trinajstić information content (AvgIpc) is 2.70. The predicted molar refractivity (Wildman–Crippen MR) is 66.7 cm³/mol. The van der Waals surface area contributed by atoms with Crippen molar-refractivity contribution in [3.05, 3.63) is 0 Å². The van der Waals surface area contributed by atoms with Gasteiger partial charge in [-0.25, -0.2) is 0 Å². The second kappa shape index (κ2) is 8.04. The van der Waals surface area contributed by atoms with Crippen molar-refractivity contribution < 1.29 is 9.47 Å². The van der Waals surface area contributed by atoms with Crippen LogP contribution in [0.15, 0.2) is 0 Å². The summed E-state index contributed by atoms with van der Waals surface area (Å²) in [6, 6.07) is 0.718. The molecule has 0 aromatic heterocycles. The van der Waals surface area contributed by atoms with Gasteiger partial charge in [-0.15, -0.1) is 0 Å². The van der Waals surface area contributed by atoms with Gasteiger partial charge < -0.3 is 14.8 Å². The third-order valence-electron chi connectivity index (χ3n) is 3.34. The van der Waals surface area contributed by atoms with E-state index < -0.39 is 0 Å². The highest BCUT2D eigenvalue weighted by molar-refractivity contribution is 4.81. The van der Waals surface area contributed by atoms with Crippen molar-refractivity contribution in [1.29, 1.82) is 0 Å². The molecular weight excluding hydrogens is 202 g/mol. The summed E-state index contributed by atoms with van der Waals surface area (Å²) in [6.07, 6.45) is 5.56. The van der Waals surface area contributed by atoms with Crippen molar-refractivity contribution in [3.63, 3.8) is 0 Å². The van der Waals surface area contributed by atoms with Gasteiger partial charge in [0.2, 0.25) is 0 Å². The smallest absolute Gasteiger partial charge is 0.0703 e. The van der Waals surface area contributed by atoms with Crippen molar-refractivity contribution in [3.8, 4) is 0 Å². The zero-order valence-electron chi connectivity index (χ0n) is 11.0. The number of ether oxygens (including phenoxy) is 2. The highest BCUT2D eigenvalue weighted by atomic mass is 16.5. The van der Waals surface area contributed by atoms with Crippen LogP contribution in [0.25, 0.3) is 0 Å². The highest BCUT2D eigenvalue weighted by Crippen LogP contribution is 2.27. The Labute approximate surface area is 99.9 Å². The molecule has 1 N–H and O–H groups in total. The van der Waals surface area contributed by atoms with Gasteiger partial charge in [0.15, 0.2) is 0 Å². The van der Waals surface area contributed by atoms with E-state index in [0.717, 1.165) is 31.8 Å². The van der Waals surface area contributed by atoms with E-state index in [2.05, 4.69) is 26.2 Å². The molecule has 1 rings (SSSR count).